The summed E-state index contributed by atoms with van der Waals surface area (Å²) in [6.45, 7) is 0. The Balaban J connectivity index is 2.79. The highest BCUT2D eigenvalue weighted by Gasteiger charge is 2.36. The van der Waals surface area contributed by atoms with E-state index in [0.717, 1.165) is 0 Å². The highest BCUT2D eigenvalue weighted by Crippen LogP contribution is 2.47. The zero-order chi connectivity index (χ0) is 20.7. The maximum absolute atomic E-state index is 14.2. The van der Waals surface area contributed by atoms with E-state index in [9.17, 15) is 30.7 Å². The number of halogens is 10. The number of thioether (sulfide) groups is 1. The topological polar surface area (TPSA) is 41.6 Å². The van der Waals surface area contributed by atoms with E-state index in [-0.39, 0.29) is 28.6 Å². The van der Waals surface area contributed by atoms with Crippen molar-refractivity contribution >= 4 is 46.6 Å². The lowest BCUT2D eigenvalue weighted by molar-refractivity contribution is -0.137. The van der Waals surface area contributed by atoms with E-state index < -0.39 is 54.9 Å². The van der Waals surface area contributed by atoms with Gasteiger partial charge < -0.3 is 0 Å². The van der Waals surface area contributed by atoms with Crippen LogP contribution >= 0.6 is 46.6 Å². The summed E-state index contributed by atoms with van der Waals surface area (Å²) in [5, 5.41) is 11.5. The van der Waals surface area contributed by atoms with Crippen molar-refractivity contribution in [1.82, 2.24) is 9.78 Å². The van der Waals surface area contributed by atoms with Gasteiger partial charge in [-0.15, -0.1) is 0 Å². The quantitative estimate of drug-likeness (QED) is 0.284. The van der Waals surface area contributed by atoms with Gasteiger partial charge in [-0.05, 0) is 23.9 Å². The number of nitrogens with zero attached hydrogens (tertiary/aromatic N) is 3. The van der Waals surface area contributed by atoms with E-state index in [0.29, 0.717) is 0 Å². The Morgan fingerprint density at radius 3 is 2.19 bits per heavy atom. The van der Waals surface area contributed by atoms with Crippen LogP contribution in [0.1, 0.15) is 23.4 Å². The molecule has 0 aliphatic rings. The summed E-state index contributed by atoms with van der Waals surface area (Å²) in [6.07, 6.45) is -8.42. The Morgan fingerprint density at radius 1 is 1.19 bits per heavy atom. The van der Waals surface area contributed by atoms with E-state index in [4.69, 9.17) is 40.1 Å². The number of rotatable bonds is 4. The SMILES string of the molecule is N#Cc1nn(-c2c(F)cc(C(F)(F)F)cc2Cl)c(C(F)F)c1SC(F)(Cl)Cl. The third kappa shape index (κ3) is 4.74. The smallest absolute Gasteiger partial charge is 0.225 e. The predicted octanol–water partition coefficient (Wildman–Crippen LogP) is 6.64. The van der Waals surface area contributed by atoms with Gasteiger partial charge in [-0.3, -0.25) is 0 Å². The van der Waals surface area contributed by atoms with E-state index >= 15 is 0 Å². The van der Waals surface area contributed by atoms with Crippen LogP contribution in [-0.4, -0.2) is 13.7 Å². The summed E-state index contributed by atoms with van der Waals surface area (Å²) in [4.78, 5) is -0.824. The Labute approximate surface area is 165 Å². The van der Waals surface area contributed by atoms with Gasteiger partial charge in [0.15, 0.2) is 11.5 Å². The summed E-state index contributed by atoms with van der Waals surface area (Å²) < 4.78 is 89.8. The van der Waals surface area contributed by atoms with Crippen LogP contribution in [-0.2, 0) is 6.18 Å². The van der Waals surface area contributed by atoms with Gasteiger partial charge in [-0.25, -0.2) is 17.9 Å². The number of hydrogen-bond donors (Lipinski definition) is 0. The minimum absolute atomic E-state index is 0.0134. The lowest BCUT2D eigenvalue weighted by Crippen LogP contribution is -2.11. The first kappa shape index (κ1) is 21.9. The molecule has 0 aliphatic carbocycles. The van der Waals surface area contributed by atoms with E-state index in [1.807, 2.05) is 0 Å². The van der Waals surface area contributed by atoms with Crippen molar-refractivity contribution < 1.29 is 30.7 Å². The lowest BCUT2D eigenvalue weighted by atomic mass is 10.2. The normalized spacial score (nSPS) is 12.5. The van der Waals surface area contributed by atoms with Crippen LogP contribution in [0.4, 0.5) is 30.7 Å². The molecule has 0 atom stereocenters. The minimum Gasteiger partial charge on any atom is -0.225 e. The zero-order valence-corrected chi connectivity index (χ0v) is 15.3. The fourth-order valence-corrected chi connectivity index (χ4v) is 3.45. The van der Waals surface area contributed by atoms with Crippen LogP contribution in [0, 0.1) is 17.1 Å². The van der Waals surface area contributed by atoms with Crippen molar-refractivity contribution in [1.29, 1.82) is 5.26 Å². The molecule has 1 aromatic heterocycles. The van der Waals surface area contributed by atoms with Gasteiger partial charge in [-0.1, -0.05) is 34.8 Å². The zero-order valence-electron chi connectivity index (χ0n) is 12.3. The van der Waals surface area contributed by atoms with Gasteiger partial charge >= 0.3 is 10.1 Å². The molecule has 2 rings (SSSR count). The largest absolute Gasteiger partial charge is 0.416 e. The van der Waals surface area contributed by atoms with E-state index in [2.05, 4.69) is 5.10 Å². The molecule has 1 heterocycles. The van der Waals surface area contributed by atoms with Crippen LogP contribution < -0.4 is 0 Å². The van der Waals surface area contributed by atoms with E-state index in [1.165, 1.54) is 6.07 Å². The van der Waals surface area contributed by atoms with Gasteiger partial charge in [0.05, 0.1) is 15.5 Å². The number of aromatic nitrogens is 2. The van der Waals surface area contributed by atoms with Crippen molar-refractivity contribution in [2.75, 3.05) is 0 Å². The molecule has 0 spiro atoms. The Hall–Kier alpha value is -1.35. The summed E-state index contributed by atoms with van der Waals surface area (Å²) >= 11 is 15.6. The Kier molecular flexibility index (Phi) is 6.16. The minimum atomic E-state index is -4.96. The monoisotopic (exact) mass is 471 g/mol. The molecule has 14 heteroatoms. The predicted molar refractivity (Wildman–Crippen MR) is 84.6 cm³/mol. The number of nitriles is 1. The molecule has 146 valence electrons. The fraction of sp³-hybridized carbons (Fsp3) is 0.231. The molecule has 1 aromatic carbocycles. The molecular formula is C13H3Cl3F7N3S. The van der Waals surface area contributed by atoms with Gasteiger partial charge in [0.2, 0.25) is 0 Å². The maximum Gasteiger partial charge on any atom is 0.416 e. The van der Waals surface area contributed by atoms with Gasteiger partial charge in [0.1, 0.15) is 17.5 Å². The third-order valence-corrected chi connectivity index (χ3v) is 4.55. The highest BCUT2D eigenvalue weighted by atomic mass is 35.5. The molecule has 0 fully saturated rings. The average molecular weight is 473 g/mol. The van der Waals surface area contributed by atoms with Crippen molar-refractivity contribution in [3.63, 3.8) is 0 Å². The molecule has 0 saturated heterocycles. The van der Waals surface area contributed by atoms with Crippen LogP contribution in [0.15, 0.2) is 17.0 Å². The van der Waals surface area contributed by atoms with E-state index in [1.54, 1.807) is 0 Å². The Bertz CT molecular complexity index is 893. The van der Waals surface area contributed by atoms with Crippen molar-refractivity contribution in [2.24, 2.45) is 0 Å². The molecule has 0 unspecified atom stereocenters. The molecule has 0 aliphatic heterocycles. The summed E-state index contributed by atoms with van der Waals surface area (Å²) in [7, 11) is 0. The molecule has 0 radical (unpaired) electrons. The van der Waals surface area contributed by atoms with Crippen LogP contribution in [0.25, 0.3) is 5.69 Å². The van der Waals surface area contributed by atoms with Crippen molar-refractivity contribution in [3.8, 4) is 11.8 Å². The third-order valence-electron chi connectivity index (χ3n) is 2.96. The van der Waals surface area contributed by atoms with Gasteiger partial charge in [0, 0.05) is 0 Å². The second-order valence-corrected chi connectivity index (χ2v) is 7.99. The lowest BCUT2D eigenvalue weighted by Gasteiger charge is -2.14. The molecule has 27 heavy (non-hydrogen) atoms. The maximum atomic E-state index is 14.2. The molecule has 0 saturated carbocycles. The highest BCUT2D eigenvalue weighted by molar-refractivity contribution is 8.03. The summed E-state index contributed by atoms with van der Waals surface area (Å²) in [5.74, 6) is -1.65. The molecule has 3 nitrogen and oxygen atoms in total. The second-order valence-electron chi connectivity index (χ2n) is 4.72. The van der Waals surface area contributed by atoms with Crippen LogP contribution in [0.5, 0.6) is 0 Å². The van der Waals surface area contributed by atoms with Crippen LogP contribution in [0.2, 0.25) is 5.02 Å². The molecule has 0 amide bonds. The first-order valence-electron chi connectivity index (χ1n) is 6.39. The number of alkyl halides is 8. The molecular weight excluding hydrogens is 470 g/mol. The number of benzene rings is 1. The van der Waals surface area contributed by atoms with Gasteiger partial charge in [0.25, 0.3) is 6.43 Å². The first-order chi connectivity index (χ1) is 12.3. The average Bonchev–Trinajstić information content (AvgIpc) is 2.81. The summed E-state index contributed by atoms with van der Waals surface area (Å²) in [6, 6.07) is 1.67. The molecule has 2 aromatic rings. The molecule has 0 N–H and O–H groups in total. The molecule has 0 bridgehead atoms. The Morgan fingerprint density at radius 2 is 1.78 bits per heavy atom. The number of hydrogen-bond acceptors (Lipinski definition) is 3. The summed E-state index contributed by atoms with van der Waals surface area (Å²) in [5.41, 5.74) is -4.50. The van der Waals surface area contributed by atoms with Gasteiger partial charge in [-0.2, -0.15) is 27.9 Å². The first-order valence-corrected chi connectivity index (χ1v) is 8.34. The van der Waals surface area contributed by atoms with Crippen molar-refractivity contribution in [3.05, 3.63) is 39.9 Å². The van der Waals surface area contributed by atoms with Crippen molar-refractivity contribution in [2.45, 2.75) is 21.4 Å². The fourth-order valence-electron chi connectivity index (χ4n) is 2.00. The van der Waals surface area contributed by atoms with Crippen LogP contribution in [0.3, 0.4) is 0 Å². The standard InChI is InChI=1S/C13H3Cl3F7N3S/c14-5-1-4(12(20,21)22)2-6(17)8(5)26-9(11(18)19)10(7(3-24)25-26)27-13(15,16)23/h1-2,11H. The second kappa shape index (κ2) is 7.58.